The number of nitrogens with one attached hydrogen (secondary N) is 1. The van der Waals surface area contributed by atoms with Crippen LogP contribution in [0.2, 0.25) is 0 Å². The standard InChI is InChI=1S/C23H27N5O2S/c1-6-23(4,5)25-21(29)20(17-9-11-24-12-10-17)28(22(30)18-14-31-27-26-18)19-8-7-15(2)13-16(19)3/h7-14,20H,6H2,1-5H3,(H,25,29)/t20-/m1/s1. The van der Waals surface area contributed by atoms with Crippen LogP contribution in [0.25, 0.3) is 0 Å². The Labute approximate surface area is 186 Å². The number of pyridine rings is 1. The maximum Gasteiger partial charge on any atom is 0.280 e. The molecule has 3 aromatic rings. The Bertz CT molecular complexity index is 1050. The number of aryl methyl sites for hydroxylation is 2. The van der Waals surface area contributed by atoms with Gasteiger partial charge in [-0.25, -0.2) is 0 Å². The van der Waals surface area contributed by atoms with Crippen LogP contribution >= 0.6 is 11.5 Å². The Morgan fingerprint density at radius 1 is 1.16 bits per heavy atom. The molecule has 0 spiro atoms. The van der Waals surface area contributed by atoms with Crippen molar-refractivity contribution in [2.45, 2.75) is 52.6 Å². The van der Waals surface area contributed by atoms with Gasteiger partial charge in [-0.15, -0.1) is 5.10 Å². The summed E-state index contributed by atoms with van der Waals surface area (Å²) in [6.45, 7) is 9.85. The summed E-state index contributed by atoms with van der Waals surface area (Å²) in [6.07, 6.45) is 3.99. The number of hydrogen-bond donors (Lipinski definition) is 1. The predicted octanol–water partition coefficient (Wildman–Crippen LogP) is 4.24. The summed E-state index contributed by atoms with van der Waals surface area (Å²) in [5, 5.41) is 8.66. The molecule has 0 aliphatic carbocycles. The van der Waals surface area contributed by atoms with Crippen molar-refractivity contribution in [2.24, 2.45) is 0 Å². The summed E-state index contributed by atoms with van der Waals surface area (Å²) in [4.78, 5) is 32.9. The molecule has 0 unspecified atom stereocenters. The van der Waals surface area contributed by atoms with Crippen LogP contribution in [0.1, 0.15) is 60.4 Å². The summed E-state index contributed by atoms with van der Waals surface area (Å²) in [6, 6.07) is 8.41. The molecule has 3 rings (SSSR count). The number of carbonyl (C=O) groups is 2. The van der Waals surface area contributed by atoms with Gasteiger partial charge in [-0.2, -0.15) is 0 Å². The van der Waals surface area contributed by atoms with Gasteiger partial charge in [0.05, 0.1) is 0 Å². The highest BCUT2D eigenvalue weighted by atomic mass is 32.1. The molecule has 2 aromatic heterocycles. The Morgan fingerprint density at radius 3 is 2.45 bits per heavy atom. The first-order chi connectivity index (χ1) is 14.7. The van der Waals surface area contributed by atoms with Crippen molar-refractivity contribution in [3.05, 3.63) is 70.5 Å². The lowest BCUT2D eigenvalue weighted by atomic mass is 9.98. The highest BCUT2D eigenvalue weighted by Crippen LogP contribution is 2.32. The van der Waals surface area contributed by atoms with Crippen molar-refractivity contribution in [1.29, 1.82) is 0 Å². The molecule has 0 radical (unpaired) electrons. The zero-order valence-electron chi connectivity index (χ0n) is 18.4. The van der Waals surface area contributed by atoms with Gasteiger partial charge >= 0.3 is 0 Å². The third-order valence-corrected chi connectivity index (χ3v) is 5.79. The van der Waals surface area contributed by atoms with Gasteiger partial charge in [0.15, 0.2) is 5.69 Å². The number of carbonyl (C=O) groups excluding carboxylic acids is 2. The van der Waals surface area contributed by atoms with Crippen LogP contribution in [0.5, 0.6) is 0 Å². The van der Waals surface area contributed by atoms with E-state index in [1.807, 2.05) is 52.8 Å². The number of hydrogen-bond acceptors (Lipinski definition) is 6. The van der Waals surface area contributed by atoms with Crippen LogP contribution in [0.15, 0.2) is 48.1 Å². The Morgan fingerprint density at radius 2 is 1.87 bits per heavy atom. The van der Waals surface area contributed by atoms with Crippen molar-refractivity contribution in [3.8, 4) is 0 Å². The number of nitrogens with zero attached hydrogens (tertiary/aromatic N) is 4. The minimum atomic E-state index is -0.899. The monoisotopic (exact) mass is 437 g/mol. The van der Waals surface area contributed by atoms with E-state index in [1.54, 1.807) is 29.9 Å². The second-order valence-electron chi connectivity index (χ2n) is 8.17. The van der Waals surface area contributed by atoms with Gasteiger partial charge in [0.1, 0.15) is 6.04 Å². The molecule has 0 saturated heterocycles. The van der Waals surface area contributed by atoms with Crippen LogP contribution in [-0.2, 0) is 4.79 Å². The lowest BCUT2D eigenvalue weighted by molar-refractivity contribution is -0.124. The molecule has 0 saturated carbocycles. The summed E-state index contributed by atoms with van der Waals surface area (Å²) in [7, 11) is 0. The highest BCUT2D eigenvalue weighted by molar-refractivity contribution is 7.03. The van der Waals surface area contributed by atoms with E-state index in [1.165, 1.54) is 4.90 Å². The van der Waals surface area contributed by atoms with Gasteiger partial charge in [0, 0.05) is 29.0 Å². The smallest absolute Gasteiger partial charge is 0.280 e. The molecule has 7 nitrogen and oxygen atoms in total. The number of anilines is 1. The van der Waals surface area contributed by atoms with Gasteiger partial charge in [-0.05, 0) is 75.0 Å². The summed E-state index contributed by atoms with van der Waals surface area (Å²) in [5.41, 5.74) is 3.04. The van der Waals surface area contributed by atoms with Gasteiger partial charge in [-0.1, -0.05) is 29.1 Å². The van der Waals surface area contributed by atoms with E-state index >= 15 is 0 Å². The van der Waals surface area contributed by atoms with E-state index < -0.39 is 11.6 Å². The first-order valence-electron chi connectivity index (χ1n) is 10.1. The van der Waals surface area contributed by atoms with Crippen LogP contribution in [0.3, 0.4) is 0 Å². The number of amides is 2. The molecule has 1 aromatic carbocycles. The zero-order valence-corrected chi connectivity index (χ0v) is 19.2. The molecule has 1 N–H and O–H groups in total. The van der Waals surface area contributed by atoms with Crippen molar-refractivity contribution in [2.75, 3.05) is 4.90 Å². The Kier molecular flexibility index (Phi) is 6.80. The topological polar surface area (TPSA) is 88.1 Å². The number of benzene rings is 1. The average molecular weight is 438 g/mol. The summed E-state index contributed by atoms with van der Waals surface area (Å²) < 4.78 is 3.84. The lowest BCUT2D eigenvalue weighted by Gasteiger charge is -2.35. The third-order valence-electron chi connectivity index (χ3n) is 5.28. The summed E-state index contributed by atoms with van der Waals surface area (Å²) in [5.74, 6) is -0.651. The molecule has 2 heterocycles. The first-order valence-corrected chi connectivity index (χ1v) is 11.0. The van der Waals surface area contributed by atoms with Crippen LogP contribution in [-0.4, -0.2) is 31.9 Å². The maximum absolute atomic E-state index is 13.6. The van der Waals surface area contributed by atoms with Crippen molar-refractivity contribution in [1.82, 2.24) is 19.9 Å². The fraction of sp³-hybridized carbons (Fsp3) is 0.348. The van der Waals surface area contributed by atoms with Crippen molar-refractivity contribution >= 4 is 29.0 Å². The zero-order chi connectivity index (χ0) is 22.6. The maximum atomic E-state index is 13.6. The molecule has 162 valence electrons. The molecule has 31 heavy (non-hydrogen) atoms. The molecular weight excluding hydrogens is 410 g/mol. The number of aromatic nitrogens is 3. The average Bonchev–Trinajstić information content (AvgIpc) is 3.27. The molecule has 8 heteroatoms. The van der Waals surface area contributed by atoms with Crippen molar-refractivity contribution in [3.63, 3.8) is 0 Å². The largest absolute Gasteiger partial charge is 0.349 e. The molecule has 0 aliphatic heterocycles. The second kappa shape index (κ2) is 9.34. The minimum Gasteiger partial charge on any atom is -0.349 e. The van der Waals surface area contributed by atoms with E-state index in [9.17, 15) is 9.59 Å². The molecule has 0 aliphatic rings. The second-order valence-corrected chi connectivity index (χ2v) is 8.77. The molecule has 0 fully saturated rings. The van der Waals surface area contributed by atoms with E-state index in [0.29, 0.717) is 11.3 Å². The normalized spacial score (nSPS) is 12.3. The number of rotatable bonds is 7. The van der Waals surface area contributed by atoms with Crippen molar-refractivity contribution < 1.29 is 9.59 Å². The van der Waals surface area contributed by atoms with Crippen LogP contribution in [0.4, 0.5) is 5.69 Å². The molecule has 1 atom stereocenters. The van der Waals surface area contributed by atoms with Gasteiger partial charge in [0.25, 0.3) is 5.91 Å². The van der Waals surface area contributed by atoms with E-state index in [-0.39, 0.29) is 17.5 Å². The van der Waals surface area contributed by atoms with Gasteiger partial charge < -0.3 is 5.32 Å². The highest BCUT2D eigenvalue weighted by Gasteiger charge is 2.36. The first kappa shape index (κ1) is 22.6. The third kappa shape index (κ3) is 5.14. The Hall–Kier alpha value is -3.13. The SMILES string of the molecule is CCC(C)(C)NC(=O)[C@@H](c1ccncc1)N(C(=O)c1csnn1)c1ccc(C)cc1C. The van der Waals surface area contributed by atoms with Crippen LogP contribution < -0.4 is 10.2 Å². The molecule has 0 bridgehead atoms. The van der Waals surface area contributed by atoms with Gasteiger partial charge in [-0.3, -0.25) is 19.5 Å². The lowest BCUT2D eigenvalue weighted by Crippen LogP contribution is -2.50. The van der Waals surface area contributed by atoms with E-state index in [2.05, 4.69) is 19.9 Å². The van der Waals surface area contributed by atoms with Gasteiger partial charge in [0.2, 0.25) is 5.91 Å². The predicted molar refractivity (Wildman–Crippen MR) is 122 cm³/mol. The summed E-state index contributed by atoms with van der Waals surface area (Å²) >= 11 is 1.10. The minimum absolute atomic E-state index is 0.201. The Balaban J connectivity index is 2.19. The van der Waals surface area contributed by atoms with Crippen LogP contribution in [0, 0.1) is 13.8 Å². The fourth-order valence-electron chi connectivity index (χ4n) is 3.28. The quantitative estimate of drug-likeness (QED) is 0.597. The van der Waals surface area contributed by atoms with E-state index in [4.69, 9.17) is 0 Å². The molecule has 2 amide bonds. The molecular formula is C23H27N5O2S. The fourth-order valence-corrected chi connectivity index (χ4v) is 3.71. The van der Waals surface area contributed by atoms with E-state index in [0.717, 1.165) is 29.1 Å².